The van der Waals surface area contributed by atoms with Crippen LogP contribution >= 0.6 is 11.8 Å². The van der Waals surface area contributed by atoms with Gasteiger partial charge in [-0.2, -0.15) is 16.7 Å². The zero-order chi connectivity index (χ0) is 12.1. The van der Waals surface area contributed by atoms with E-state index in [-0.39, 0.29) is 12.6 Å². The fraction of sp³-hybridized carbons (Fsp3) is 0.667. The number of hydrogen-bond acceptors (Lipinski definition) is 7. The van der Waals surface area contributed by atoms with Gasteiger partial charge in [0.1, 0.15) is 6.10 Å². The summed E-state index contributed by atoms with van der Waals surface area (Å²) in [6.45, 7) is 1.13. The molecular weight excluding hydrogens is 244 g/mol. The average molecular weight is 258 g/mol. The molecule has 1 aromatic heterocycles. The number of rotatable bonds is 5. The molecule has 3 N–H and O–H groups in total. The number of carbonyl (C=O) groups excluding carboxylic acids is 1. The van der Waals surface area contributed by atoms with Crippen LogP contribution in [0.3, 0.4) is 0 Å². The normalized spacial score (nSPS) is 20.4. The van der Waals surface area contributed by atoms with E-state index in [1.807, 2.05) is 0 Å². The molecule has 17 heavy (non-hydrogen) atoms. The van der Waals surface area contributed by atoms with Crippen molar-refractivity contribution in [2.75, 3.05) is 24.7 Å². The number of carbonyl (C=O) groups is 1. The van der Waals surface area contributed by atoms with E-state index in [1.165, 1.54) is 0 Å². The Kier molecular flexibility index (Phi) is 4.35. The van der Waals surface area contributed by atoms with E-state index in [2.05, 4.69) is 15.5 Å². The third kappa shape index (κ3) is 3.69. The lowest BCUT2D eigenvalue weighted by atomic mass is 10.4. The van der Waals surface area contributed by atoms with E-state index in [0.717, 1.165) is 11.5 Å². The van der Waals surface area contributed by atoms with Crippen LogP contribution in [0.15, 0.2) is 4.52 Å². The summed E-state index contributed by atoms with van der Waals surface area (Å²) in [6, 6.07) is 0. The van der Waals surface area contributed by atoms with Crippen LogP contribution in [-0.2, 0) is 16.1 Å². The molecule has 7 nitrogen and oxygen atoms in total. The first-order valence-corrected chi connectivity index (χ1v) is 6.42. The second-order valence-corrected chi connectivity index (χ2v) is 4.70. The number of nitrogens with two attached hydrogens (primary N) is 1. The predicted octanol–water partition coefficient (Wildman–Crippen LogP) is -0.551. The van der Waals surface area contributed by atoms with Crippen LogP contribution in [0.1, 0.15) is 17.8 Å². The van der Waals surface area contributed by atoms with Crippen molar-refractivity contribution in [3.63, 3.8) is 0 Å². The van der Waals surface area contributed by atoms with Gasteiger partial charge in [-0.3, -0.25) is 10.1 Å². The Morgan fingerprint density at radius 2 is 2.53 bits per heavy atom. The van der Waals surface area contributed by atoms with Gasteiger partial charge in [-0.25, -0.2) is 0 Å². The Labute approximate surface area is 102 Å². The lowest BCUT2D eigenvalue weighted by molar-refractivity contribution is -0.117. The highest BCUT2D eigenvalue weighted by atomic mass is 32.2. The van der Waals surface area contributed by atoms with Crippen molar-refractivity contribution in [1.29, 1.82) is 0 Å². The molecule has 1 aliphatic rings. The first kappa shape index (κ1) is 12.3. The molecule has 1 aliphatic heterocycles. The number of primary amides is 1. The minimum absolute atomic E-state index is 0.0908. The van der Waals surface area contributed by atoms with E-state index in [4.69, 9.17) is 15.0 Å². The first-order chi connectivity index (χ1) is 8.25. The van der Waals surface area contributed by atoms with Crippen molar-refractivity contribution in [3.8, 4) is 0 Å². The molecule has 1 atom stereocenters. The van der Waals surface area contributed by atoms with Gasteiger partial charge >= 0.3 is 0 Å². The smallest absolute Gasteiger partial charge is 0.240 e. The molecule has 1 amide bonds. The Balaban J connectivity index is 1.84. The molecule has 0 saturated carbocycles. The van der Waals surface area contributed by atoms with Gasteiger partial charge in [0, 0.05) is 11.5 Å². The van der Waals surface area contributed by atoms with Crippen LogP contribution < -0.4 is 11.1 Å². The second kappa shape index (κ2) is 5.99. The molecule has 1 unspecified atom stereocenters. The van der Waals surface area contributed by atoms with Gasteiger partial charge in [-0.15, -0.1) is 0 Å². The molecule has 2 heterocycles. The molecule has 8 heteroatoms. The van der Waals surface area contributed by atoms with Crippen molar-refractivity contribution < 1.29 is 14.1 Å². The van der Waals surface area contributed by atoms with Crippen molar-refractivity contribution in [2.24, 2.45) is 5.73 Å². The van der Waals surface area contributed by atoms with Crippen molar-refractivity contribution in [2.45, 2.75) is 12.6 Å². The molecule has 0 bridgehead atoms. The minimum atomic E-state index is -0.420. The van der Waals surface area contributed by atoms with Gasteiger partial charge in [0.15, 0.2) is 0 Å². The Morgan fingerprint density at radius 3 is 3.24 bits per heavy atom. The maximum absolute atomic E-state index is 10.5. The van der Waals surface area contributed by atoms with Crippen LogP contribution in [0.25, 0.3) is 0 Å². The first-order valence-electron chi connectivity index (χ1n) is 5.26. The highest BCUT2D eigenvalue weighted by Crippen LogP contribution is 2.24. The molecule has 1 aromatic rings. The molecule has 2 rings (SSSR count). The van der Waals surface area contributed by atoms with Gasteiger partial charge in [-0.05, 0) is 0 Å². The standard InChI is InChI=1S/C9H14N4O3S/c10-7(14)3-11-4-8-12-9(13-16-8)6-5-17-2-1-15-6/h6,11H,1-5H2,(H2,10,14). The summed E-state index contributed by atoms with van der Waals surface area (Å²) in [6.07, 6.45) is -0.0950. The van der Waals surface area contributed by atoms with Gasteiger partial charge in [0.05, 0.1) is 19.7 Å². The van der Waals surface area contributed by atoms with E-state index in [0.29, 0.717) is 24.9 Å². The largest absolute Gasteiger partial charge is 0.369 e. The highest BCUT2D eigenvalue weighted by Gasteiger charge is 2.21. The zero-order valence-electron chi connectivity index (χ0n) is 9.22. The fourth-order valence-corrected chi connectivity index (χ4v) is 2.24. The zero-order valence-corrected chi connectivity index (χ0v) is 10.0. The molecule has 0 aromatic carbocycles. The lowest BCUT2D eigenvalue weighted by Crippen LogP contribution is -2.28. The number of amides is 1. The molecular formula is C9H14N4O3S. The van der Waals surface area contributed by atoms with Gasteiger partial charge < -0.3 is 15.0 Å². The average Bonchev–Trinajstić information content (AvgIpc) is 2.78. The summed E-state index contributed by atoms with van der Waals surface area (Å²) in [5, 5.41) is 6.66. The quantitative estimate of drug-likeness (QED) is 0.730. The summed E-state index contributed by atoms with van der Waals surface area (Å²) in [5.41, 5.74) is 4.99. The van der Waals surface area contributed by atoms with Gasteiger partial charge in [0.25, 0.3) is 0 Å². The second-order valence-electron chi connectivity index (χ2n) is 3.55. The highest BCUT2D eigenvalue weighted by molar-refractivity contribution is 7.99. The number of ether oxygens (including phenoxy) is 1. The summed E-state index contributed by atoms with van der Waals surface area (Å²) in [7, 11) is 0. The van der Waals surface area contributed by atoms with Crippen molar-refractivity contribution in [3.05, 3.63) is 11.7 Å². The van der Waals surface area contributed by atoms with Crippen LogP contribution in [0, 0.1) is 0 Å². The number of nitrogens with one attached hydrogen (secondary N) is 1. The van der Waals surface area contributed by atoms with Crippen LogP contribution in [-0.4, -0.2) is 40.7 Å². The van der Waals surface area contributed by atoms with E-state index >= 15 is 0 Å². The minimum Gasteiger partial charge on any atom is -0.369 e. The Hall–Kier alpha value is -1.12. The van der Waals surface area contributed by atoms with Crippen LogP contribution in [0.2, 0.25) is 0 Å². The molecule has 1 fully saturated rings. The maximum atomic E-state index is 10.5. The summed E-state index contributed by atoms with van der Waals surface area (Å²) in [4.78, 5) is 14.7. The molecule has 0 radical (unpaired) electrons. The van der Waals surface area contributed by atoms with Crippen LogP contribution in [0.5, 0.6) is 0 Å². The summed E-state index contributed by atoms with van der Waals surface area (Å²) >= 11 is 1.81. The maximum Gasteiger partial charge on any atom is 0.240 e. The predicted molar refractivity (Wildman–Crippen MR) is 61.2 cm³/mol. The fourth-order valence-electron chi connectivity index (χ4n) is 1.40. The molecule has 0 aliphatic carbocycles. The number of nitrogens with zero attached hydrogens (tertiary/aromatic N) is 2. The van der Waals surface area contributed by atoms with E-state index in [1.54, 1.807) is 11.8 Å². The van der Waals surface area contributed by atoms with Gasteiger partial charge in [0.2, 0.25) is 17.6 Å². The third-order valence-corrected chi connectivity index (χ3v) is 3.16. The number of hydrogen-bond donors (Lipinski definition) is 2. The number of thioether (sulfide) groups is 1. The Bertz CT molecular complexity index is 378. The van der Waals surface area contributed by atoms with E-state index in [9.17, 15) is 4.79 Å². The lowest BCUT2D eigenvalue weighted by Gasteiger charge is -2.18. The monoisotopic (exact) mass is 258 g/mol. The van der Waals surface area contributed by atoms with E-state index < -0.39 is 5.91 Å². The third-order valence-electron chi connectivity index (χ3n) is 2.16. The SMILES string of the molecule is NC(=O)CNCc1nc(C2CSCCO2)no1. The summed E-state index contributed by atoms with van der Waals surface area (Å²) < 4.78 is 10.6. The summed E-state index contributed by atoms with van der Waals surface area (Å²) in [5.74, 6) is 2.42. The number of aromatic nitrogens is 2. The topological polar surface area (TPSA) is 103 Å². The molecule has 94 valence electrons. The Morgan fingerprint density at radius 1 is 1.65 bits per heavy atom. The van der Waals surface area contributed by atoms with Gasteiger partial charge in [-0.1, -0.05) is 5.16 Å². The van der Waals surface area contributed by atoms with Crippen molar-refractivity contribution >= 4 is 17.7 Å². The van der Waals surface area contributed by atoms with Crippen molar-refractivity contribution in [1.82, 2.24) is 15.5 Å². The molecule has 0 spiro atoms. The van der Waals surface area contributed by atoms with Crippen LogP contribution in [0.4, 0.5) is 0 Å². The molecule has 1 saturated heterocycles.